The quantitative estimate of drug-likeness (QED) is 0.820. The van der Waals surface area contributed by atoms with Crippen molar-refractivity contribution in [3.63, 3.8) is 0 Å². The minimum Gasteiger partial charge on any atom is -0.367 e. The van der Waals surface area contributed by atoms with E-state index < -0.39 is 0 Å². The van der Waals surface area contributed by atoms with Crippen molar-refractivity contribution in [3.05, 3.63) is 40.4 Å². The largest absolute Gasteiger partial charge is 0.367 e. The van der Waals surface area contributed by atoms with Gasteiger partial charge in [0.15, 0.2) is 0 Å². The molecule has 0 radical (unpaired) electrons. The van der Waals surface area contributed by atoms with Crippen molar-refractivity contribution < 1.29 is 0 Å². The molecule has 4 heteroatoms. The molecule has 0 spiro atoms. The second-order valence-electron chi connectivity index (χ2n) is 4.13. The number of nitrogen functional groups attached to an aromatic ring is 1. The summed E-state index contributed by atoms with van der Waals surface area (Å²) < 4.78 is 4.07. The van der Waals surface area contributed by atoms with Gasteiger partial charge >= 0.3 is 0 Å². The Bertz CT molecular complexity index is 506. The summed E-state index contributed by atoms with van der Waals surface area (Å²) in [5.74, 6) is 0.808. The monoisotopic (exact) mass is 231 g/mol. The van der Waals surface area contributed by atoms with E-state index in [0.29, 0.717) is 11.9 Å². The molecule has 1 aromatic heterocycles. The Morgan fingerprint density at radius 2 is 2.19 bits per heavy atom. The maximum atomic E-state index is 5.59. The molecular weight excluding hydrogens is 218 g/mol. The molecule has 2 N–H and O–H groups in total. The molecule has 3 nitrogen and oxygen atoms in total. The van der Waals surface area contributed by atoms with Gasteiger partial charge in [-0.1, -0.05) is 24.3 Å². The van der Waals surface area contributed by atoms with Crippen LogP contribution in [0.4, 0.5) is 5.95 Å². The first-order valence-corrected chi connectivity index (χ1v) is 6.29. The Balaban J connectivity index is 2.04. The SMILES string of the molecule is Nc1nsc(C2CCCc3ccccc32)n1. The Labute approximate surface area is 98.5 Å². The molecule has 2 aromatic rings. The number of nitrogens with zero attached hydrogens (tertiary/aromatic N) is 2. The summed E-state index contributed by atoms with van der Waals surface area (Å²) >= 11 is 1.43. The third kappa shape index (κ3) is 1.59. The van der Waals surface area contributed by atoms with E-state index in [1.165, 1.54) is 35.5 Å². The molecule has 0 saturated carbocycles. The van der Waals surface area contributed by atoms with Crippen molar-refractivity contribution in [2.45, 2.75) is 25.2 Å². The molecule has 0 fully saturated rings. The highest BCUT2D eigenvalue weighted by Gasteiger charge is 2.24. The molecule has 1 aliphatic rings. The Hall–Kier alpha value is -1.42. The van der Waals surface area contributed by atoms with Crippen molar-refractivity contribution in [2.24, 2.45) is 0 Å². The number of benzene rings is 1. The number of hydrogen-bond donors (Lipinski definition) is 1. The van der Waals surface area contributed by atoms with E-state index in [4.69, 9.17) is 5.73 Å². The molecule has 1 atom stereocenters. The van der Waals surface area contributed by atoms with Gasteiger partial charge in [0.25, 0.3) is 0 Å². The predicted molar refractivity (Wildman–Crippen MR) is 65.5 cm³/mol. The zero-order chi connectivity index (χ0) is 11.0. The van der Waals surface area contributed by atoms with Gasteiger partial charge in [-0.2, -0.15) is 4.37 Å². The minimum absolute atomic E-state index is 0.403. The lowest BCUT2D eigenvalue weighted by Crippen LogP contribution is -2.10. The molecule has 0 amide bonds. The average Bonchev–Trinajstić information content (AvgIpc) is 2.75. The first-order chi connectivity index (χ1) is 7.84. The van der Waals surface area contributed by atoms with Gasteiger partial charge < -0.3 is 5.73 Å². The fourth-order valence-corrected chi connectivity index (χ4v) is 3.13. The summed E-state index contributed by atoms with van der Waals surface area (Å²) in [6.45, 7) is 0. The highest BCUT2D eigenvalue weighted by atomic mass is 32.1. The van der Waals surface area contributed by atoms with E-state index in [-0.39, 0.29) is 0 Å². The fourth-order valence-electron chi connectivity index (χ4n) is 2.40. The predicted octanol–water partition coefficient (Wildman–Crippen LogP) is 2.59. The number of anilines is 1. The lowest BCUT2D eigenvalue weighted by Gasteiger charge is -2.23. The van der Waals surface area contributed by atoms with Crippen LogP contribution in [-0.4, -0.2) is 9.36 Å². The molecule has 3 rings (SSSR count). The Morgan fingerprint density at radius 1 is 1.31 bits per heavy atom. The number of aromatic nitrogens is 2. The van der Waals surface area contributed by atoms with Gasteiger partial charge in [-0.05, 0) is 41.9 Å². The van der Waals surface area contributed by atoms with Crippen LogP contribution in [0.25, 0.3) is 0 Å². The van der Waals surface area contributed by atoms with Gasteiger partial charge in [-0.15, -0.1) is 0 Å². The molecule has 82 valence electrons. The van der Waals surface area contributed by atoms with Crippen LogP contribution >= 0.6 is 11.5 Å². The van der Waals surface area contributed by atoms with Crippen LogP contribution in [0.2, 0.25) is 0 Å². The maximum Gasteiger partial charge on any atom is 0.232 e. The lowest BCUT2D eigenvalue weighted by molar-refractivity contribution is 0.614. The van der Waals surface area contributed by atoms with Crippen molar-refractivity contribution in [1.82, 2.24) is 9.36 Å². The minimum atomic E-state index is 0.403. The number of rotatable bonds is 1. The number of aryl methyl sites for hydroxylation is 1. The fraction of sp³-hybridized carbons (Fsp3) is 0.333. The second kappa shape index (κ2) is 3.87. The highest BCUT2D eigenvalue weighted by Crippen LogP contribution is 2.37. The summed E-state index contributed by atoms with van der Waals surface area (Å²) in [5, 5.41) is 1.06. The Morgan fingerprint density at radius 3 is 3.00 bits per heavy atom. The van der Waals surface area contributed by atoms with Gasteiger partial charge in [-0.25, -0.2) is 4.98 Å². The second-order valence-corrected chi connectivity index (χ2v) is 4.92. The van der Waals surface area contributed by atoms with Crippen LogP contribution < -0.4 is 5.73 Å². The summed E-state index contributed by atoms with van der Waals surface area (Å²) in [5.41, 5.74) is 8.45. The topological polar surface area (TPSA) is 51.8 Å². The van der Waals surface area contributed by atoms with Crippen molar-refractivity contribution in [3.8, 4) is 0 Å². The maximum absolute atomic E-state index is 5.59. The molecule has 1 aliphatic carbocycles. The average molecular weight is 231 g/mol. The van der Waals surface area contributed by atoms with Crippen LogP contribution in [0, 0.1) is 0 Å². The molecule has 1 heterocycles. The van der Waals surface area contributed by atoms with Gasteiger partial charge in [0, 0.05) is 5.92 Å². The third-order valence-electron chi connectivity index (χ3n) is 3.12. The zero-order valence-corrected chi connectivity index (χ0v) is 9.70. The standard InChI is InChI=1S/C12H13N3S/c13-12-14-11(16-15-12)10-7-3-5-8-4-1-2-6-9(8)10/h1-2,4,6,10H,3,5,7H2,(H2,13,15). The normalized spacial score (nSPS) is 19.4. The smallest absolute Gasteiger partial charge is 0.232 e. The molecular formula is C12H13N3S. The van der Waals surface area contributed by atoms with Crippen molar-refractivity contribution in [1.29, 1.82) is 0 Å². The van der Waals surface area contributed by atoms with Crippen LogP contribution in [0.15, 0.2) is 24.3 Å². The van der Waals surface area contributed by atoms with E-state index in [0.717, 1.165) is 11.4 Å². The summed E-state index contributed by atoms with van der Waals surface area (Å²) in [6, 6.07) is 8.62. The highest BCUT2D eigenvalue weighted by molar-refractivity contribution is 7.05. The lowest BCUT2D eigenvalue weighted by atomic mass is 9.83. The molecule has 1 aromatic carbocycles. The van der Waals surface area contributed by atoms with E-state index in [1.807, 2.05) is 0 Å². The number of fused-ring (bicyclic) bond motifs is 1. The van der Waals surface area contributed by atoms with E-state index >= 15 is 0 Å². The van der Waals surface area contributed by atoms with Crippen LogP contribution in [0.1, 0.15) is 34.9 Å². The molecule has 0 aliphatic heterocycles. The van der Waals surface area contributed by atoms with Crippen LogP contribution in [0.5, 0.6) is 0 Å². The molecule has 0 bridgehead atoms. The Kier molecular flexibility index (Phi) is 2.36. The van der Waals surface area contributed by atoms with E-state index in [2.05, 4.69) is 33.6 Å². The summed E-state index contributed by atoms with van der Waals surface area (Å²) in [4.78, 5) is 4.32. The molecule has 1 unspecified atom stereocenters. The first-order valence-electron chi connectivity index (χ1n) is 5.51. The summed E-state index contributed by atoms with van der Waals surface area (Å²) in [6.07, 6.45) is 3.56. The van der Waals surface area contributed by atoms with Gasteiger partial charge in [0.1, 0.15) is 5.01 Å². The van der Waals surface area contributed by atoms with Crippen molar-refractivity contribution >= 4 is 17.5 Å². The van der Waals surface area contributed by atoms with Crippen LogP contribution in [-0.2, 0) is 6.42 Å². The van der Waals surface area contributed by atoms with Crippen molar-refractivity contribution in [2.75, 3.05) is 5.73 Å². The van der Waals surface area contributed by atoms with Gasteiger partial charge in [0.05, 0.1) is 0 Å². The first kappa shape index (κ1) is 9.78. The number of nitrogens with two attached hydrogens (primary N) is 1. The molecule has 0 saturated heterocycles. The van der Waals surface area contributed by atoms with E-state index in [1.54, 1.807) is 0 Å². The van der Waals surface area contributed by atoms with Gasteiger partial charge in [0.2, 0.25) is 5.95 Å². The molecule has 16 heavy (non-hydrogen) atoms. The van der Waals surface area contributed by atoms with Crippen LogP contribution in [0.3, 0.4) is 0 Å². The number of hydrogen-bond acceptors (Lipinski definition) is 4. The zero-order valence-electron chi connectivity index (χ0n) is 8.89. The third-order valence-corrected chi connectivity index (χ3v) is 3.97. The van der Waals surface area contributed by atoms with E-state index in [9.17, 15) is 0 Å². The summed E-state index contributed by atoms with van der Waals surface area (Å²) in [7, 11) is 0. The van der Waals surface area contributed by atoms with Gasteiger partial charge in [-0.3, -0.25) is 0 Å².